The predicted molar refractivity (Wildman–Crippen MR) is 115 cm³/mol. The Balaban J connectivity index is 2.60. The molecule has 1 aliphatic rings. The first kappa shape index (κ1) is 24.4. The maximum atomic E-state index is 13.0. The molecule has 1 unspecified atom stereocenters. The highest BCUT2D eigenvalue weighted by Crippen LogP contribution is 2.40. The van der Waals surface area contributed by atoms with Crippen LogP contribution in [0.1, 0.15) is 39.2 Å². The Morgan fingerprint density at radius 3 is 2.32 bits per heavy atom. The first-order chi connectivity index (χ1) is 14.7. The van der Waals surface area contributed by atoms with Gasteiger partial charge in [-0.2, -0.15) is 0 Å². The molecule has 0 aromatic heterocycles. The molecular formula is C22H29N2O7-. The van der Waals surface area contributed by atoms with E-state index in [0.717, 1.165) is 0 Å². The number of nitrogens with zero attached hydrogens (tertiary/aromatic N) is 1. The van der Waals surface area contributed by atoms with Crippen LogP contribution in [0.25, 0.3) is 0 Å². The number of carbonyl (C=O) groups is 2. The van der Waals surface area contributed by atoms with Gasteiger partial charge in [0, 0.05) is 18.5 Å². The summed E-state index contributed by atoms with van der Waals surface area (Å²) in [7, 11) is 2.76. The van der Waals surface area contributed by atoms with Crippen molar-refractivity contribution in [2.24, 2.45) is 0 Å². The zero-order valence-corrected chi connectivity index (χ0v) is 18.7. The number of nitrogens with one attached hydrogen (secondary N) is 1. The lowest BCUT2D eigenvalue weighted by molar-refractivity contribution is -0.143. The summed E-state index contributed by atoms with van der Waals surface area (Å²) in [5.74, 6) is -1.95. The molecule has 9 nitrogen and oxygen atoms in total. The number of hydrogen-bond donors (Lipinski definition) is 1. The Kier molecular flexibility index (Phi) is 8.61. The van der Waals surface area contributed by atoms with Gasteiger partial charge >= 0.3 is 11.9 Å². The average molecular weight is 433 g/mol. The second-order valence-corrected chi connectivity index (χ2v) is 7.25. The molecule has 0 saturated heterocycles. The zero-order valence-electron chi connectivity index (χ0n) is 18.7. The van der Waals surface area contributed by atoms with Gasteiger partial charge in [-0.05, 0) is 45.4 Å². The van der Waals surface area contributed by atoms with Crippen LogP contribution >= 0.6 is 0 Å². The maximum absolute atomic E-state index is 13.0. The molecule has 1 heterocycles. The molecule has 0 aliphatic carbocycles. The highest BCUT2D eigenvalue weighted by molar-refractivity contribution is 6.00. The van der Waals surface area contributed by atoms with E-state index in [1.54, 1.807) is 52.0 Å². The number of hydrogen-bond acceptors (Lipinski definition) is 9. The largest absolute Gasteiger partial charge is 0.733 e. The van der Waals surface area contributed by atoms with Crippen LogP contribution in [0.15, 0.2) is 46.8 Å². The van der Waals surface area contributed by atoms with Gasteiger partial charge < -0.3 is 30.0 Å². The second-order valence-electron chi connectivity index (χ2n) is 7.25. The lowest BCUT2D eigenvalue weighted by Crippen LogP contribution is -2.33. The summed E-state index contributed by atoms with van der Waals surface area (Å²) >= 11 is 0. The number of anilines is 1. The fourth-order valence-electron chi connectivity index (χ4n) is 3.36. The van der Waals surface area contributed by atoms with Crippen LogP contribution in [0.5, 0.6) is 0 Å². The highest BCUT2D eigenvalue weighted by Gasteiger charge is 2.38. The molecule has 170 valence electrons. The van der Waals surface area contributed by atoms with E-state index in [-0.39, 0.29) is 36.2 Å². The fraction of sp³-hybridized carbons (Fsp3) is 0.455. The van der Waals surface area contributed by atoms with E-state index in [1.807, 2.05) is 0 Å². The number of rotatable bonds is 9. The van der Waals surface area contributed by atoms with Crippen LogP contribution in [0.4, 0.5) is 5.69 Å². The van der Waals surface area contributed by atoms with Crippen molar-refractivity contribution in [2.75, 3.05) is 32.7 Å². The first-order valence-corrected chi connectivity index (χ1v) is 9.88. The lowest BCUT2D eigenvalue weighted by Gasteiger charge is -2.32. The molecule has 2 rings (SSSR count). The van der Waals surface area contributed by atoms with Gasteiger partial charge in [-0.25, -0.2) is 9.59 Å². The Hall–Kier alpha value is -2.88. The molecule has 0 amide bonds. The van der Waals surface area contributed by atoms with Crippen LogP contribution in [0.2, 0.25) is 0 Å². The molecule has 1 aliphatic heterocycles. The highest BCUT2D eigenvalue weighted by atomic mass is 16.9. The van der Waals surface area contributed by atoms with Gasteiger partial charge in [0.1, 0.15) is 6.61 Å². The fourth-order valence-corrected chi connectivity index (χ4v) is 3.36. The van der Waals surface area contributed by atoms with Crippen LogP contribution in [-0.2, 0) is 28.6 Å². The summed E-state index contributed by atoms with van der Waals surface area (Å²) in [6.07, 6.45) is -0.352. The number of methoxy groups -OCH3 is 1. The number of benzene rings is 1. The van der Waals surface area contributed by atoms with E-state index >= 15 is 0 Å². The molecule has 0 spiro atoms. The standard InChI is InChI=1S/C22H29N2O7/c1-13(2)31-22(26)19-15(4)23-14(3)18(21(25)30-11-10-28-5)20(19)16-8-7-9-17(12-16)24(27)29-6/h7-9,12-13,20,23H,10-11H2,1-6H3/q-1. The van der Waals surface area contributed by atoms with E-state index in [1.165, 1.54) is 14.2 Å². The zero-order chi connectivity index (χ0) is 23.1. The summed E-state index contributed by atoms with van der Waals surface area (Å²) in [6.45, 7) is 7.25. The van der Waals surface area contributed by atoms with E-state index in [4.69, 9.17) is 19.0 Å². The van der Waals surface area contributed by atoms with Gasteiger partial charge in [-0.15, -0.1) is 0 Å². The van der Waals surface area contributed by atoms with Crippen LogP contribution < -0.4 is 10.5 Å². The summed E-state index contributed by atoms with van der Waals surface area (Å²) in [4.78, 5) is 30.7. The second kappa shape index (κ2) is 10.9. The third-order valence-corrected chi connectivity index (χ3v) is 4.64. The van der Waals surface area contributed by atoms with Crippen molar-refractivity contribution in [1.82, 2.24) is 5.32 Å². The van der Waals surface area contributed by atoms with Crippen molar-refractivity contribution in [3.63, 3.8) is 0 Å². The summed E-state index contributed by atoms with van der Waals surface area (Å²) in [5, 5.41) is 15.4. The normalized spacial score (nSPS) is 16.3. The topological polar surface area (TPSA) is 109 Å². The van der Waals surface area contributed by atoms with Crippen molar-refractivity contribution >= 4 is 17.6 Å². The number of esters is 2. The third-order valence-electron chi connectivity index (χ3n) is 4.64. The van der Waals surface area contributed by atoms with Gasteiger partial charge in [-0.3, -0.25) is 4.84 Å². The number of dihydropyridines is 1. The molecule has 1 N–H and O–H groups in total. The van der Waals surface area contributed by atoms with Gasteiger partial charge in [0.2, 0.25) is 0 Å². The minimum atomic E-state index is -0.798. The number of allylic oxidation sites excluding steroid dienone is 2. The minimum Gasteiger partial charge on any atom is -0.733 e. The summed E-state index contributed by atoms with van der Waals surface area (Å²) < 4.78 is 15.7. The SMILES string of the molecule is COCCOC(=O)C1=C(C)NC(C)=C(C(=O)OC(C)C)C1c1cccc(N([O-])OC)c1. The van der Waals surface area contributed by atoms with E-state index < -0.39 is 17.9 Å². The maximum Gasteiger partial charge on any atom is 0.337 e. The smallest absolute Gasteiger partial charge is 0.337 e. The van der Waals surface area contributed by atoms with Crippen molar-refractivity contribution in [2.45, 2.75) is 39.7 Å². The Bertz CT molecular complexity index is 876. The third kappa shape index (κ3) is 5.84. The van der Waals surface area contributed by atoms with Crippen LogP contribution in [-0.4, -0.2) is 45.5 Å². The van der Waals surface area contributed by atoms with Crippen LogP contribution in [0, 0.1) is 5.21 Å². The van der Waals surface area contributed by atoms with Gasteiger partial charge in [0.15, 0.2) is 0 Å². The molecule has 31 heavy (non-hydrogen) atoms. The molecule has 0 bridgehead atoms. The first-order valence-electron chi connectivity index (χ1n) is 9.88. The Morgan fingerprint density at radius 1 is 1.10 bits per heavy atom. The summed E-state index contributed by atoms with van der Waals surface area (Å²) in [6, 6.07) is 6.52. The predicted octanol–water partition coefficient (Wildman–Crippen LogP) is 2.93. The van der Waals surface area contributed by atoms with E-state index in [9.17, 15) is 14.8 Å². The van der Waals surface area contributed by atoms with Crippen LogP contribution in [0.3, 0.4) is 0 Å². The molecule has 1 atom stereocenters. The van der Waals surface area contributed by atoms with Crippen molar-refractivity contribution < 1.29 is 28.6 Å². The van der Waals surface area contributed by atoms with E-state index in [2.05, 4.69) is 5.32 Å². The average Bonchev–Trinajstić information content (AvgIpc) is 2.72. The van der Waals surface area contributed by atoms with Crippen molar-refractivity contribution in [1.29, 1.82) is 0 Å². The monoisotopic (exact) mass is 433 g/mol. The quantitative estimate of drug-likeness (QED) is 0.357. The molecule has 0 saturated carbocycles. The molecule has 0 radical (unpaired) electrons. The molecule has 1 aromatic rings. The molecule has 0 fully saturated rings. The molecule has 9 heteroatoms. The minimum absolute atomic E-state index is 0.0609. The Labute approximate surface area is 182 Å². The number of carbonyl (C=O) groups excluding carboxylic acids is 2. The van der Waals surface area contributed by atoms with Crippen molar-refractivity contribution in [3.8, 4) is 0 Å². The Morgan fingerprint density at radius 2 is 1.74 bits per heavy atom. The summed E-state index contributed by atoms with van der Waals surface area (Å²) in [5.41, 5.74) is 2.39. The molecular weight excluding hydrogens is 404 g/mol. The number of ether oxygens (including phenoxy) is 3. The van der Waals surface area contributed by atoms with E-state index in [0.29, 0.717) is 22.2 Å². The lowest BCUT2D eigenvalue weighted by atomic mass is 9.80. The van der Waals surface area contributed by atoms with Gasteiger partial charge in [-0.1, -0.05) is 12.1 Å². The van der Waals surface area contributed by atoms with Crippen molar-refractivity contribution in [3.05, 3.63) is 57.6 Å². The van der Waals surface area contributed by atoms with Gasteiger partial charge in [0.05, 0.1) is 42.6 Å². The van der Waals surface area contributed by atoms with Gasteiger partial charge in [0.25, 0.3) is 0 Å². The molecule has 1 aromatic carbocycles.